The summed E-state index contributed by atoms with van der Waals surface area (Å²) in [4.78, 5) is 0. The van der Waals surface area contributed by atoms with Gasteiger partial charge in [-0.05, 0) is 19.3 Å². The highest BCUT2D eigenvalue weighted by atomic mass is 32.1. The van der Waals surface area contributed by atoms with E-state index in [1.165, 1.54) is 0 Å². The van der Waals surface area contributed by atoms with Gasteiger partial charge in [0.1, 0.15) is 0 Å². The lowest BCUT2D eigenvalue weighted by Gasteiger charge is -1.76. The third kappa shape index (κ3) is 68.3. The molecule has 46 valence electrons. The van der Waals surface area contributed by atoms with Crippen molar-refractivity contribution in [3.63, 3.8) is 0 Å². The van der Waals surface area contributed by atoms with Crippen molar-refractivity contribution in [1.82, 2.24) is 5.32 Å². The minimum Gasteiger partial charge on any atom is -0.320 e. The summed E-state index contributed by atoms with van der Waals surface area (Å²) >= 11 is 3.79. The Bertz CT molecular complexity index is 15.6. The Balaban J connectivity index is 0. The predicted octanol–water partition coefficient (Wildman–Crippen LogP) is 1.16. The lowest BCUT2D eigenvalue weighted by molar-refractivity contribution is 0.864. The number of rotatable bonds is 1. The van der Waals surface area contributed by atoms with Gasteiger partial charge in [-0.3, -0.25) is 0 Å². The standard InChI is InChI=1S/C3H9N.C2H6S/c1-3-4-2;1-2-3/h4H,3H2,1-2H3;3H,2H2,1H3. The topological polar surface area (TPSA) is 12.0 Å². The maximum absolute atomic E-state index is 3.79. The Labute approximate surface area is 51.9 Å². The van der Waals surface area contributed by atoms with Crippen molar-refractivity contribution >= 4 is 12.6 Å². The molecular weight excluding hydrogens is 106 g/mol. The maximum atomic E-state index is 3.79. The summed E-state index contributed by atoms with van der Waals surface area (Å²) in [5, 5.41) is 2.93. The summed E-state index contributed by atoms with van der Waals surface area (Å²) in [6.07, 6.45) is 0. The Morgan fingerprint density at radius 2 is 1.57 bits per heavy atom. The summed E-state index contributed by atoms with van der Waals surface area (Å²) < 4.78 is 0. The van der Waals surface area contributed by atoms with E-state index >= 15 is 0 Å². The minimum absolute atomic E-state index is 0.944. The Morgan fingerprint density at radius 1 is 1.43 bits per heavy atom. The fourth-order valence-corrected chi connectivity index (χ4v) is 0. The van der Waals surface area contributed by atoms with Crippen molar-refractivity contribution in [2.24, 2.45) is 0 Å². The second kappa shape index (κ2) is 16.2. The van der Waals surface area contributed by atoms with Crippen molar-refractivity contribution in [2.45, 2.75) is 13.8 Å². The quantitative estimate of drug-likeness (QED) is 0.496. The third-order valence-corrected chi connectivity index (χ3v) is 0.354. The highest BCUT2D eigenvalue weighted by Crippen LogP contribution is 1.58. The summed E-state index contributed by atoms with van der Waals surface area (Å²) in [6, 6.07) is 0. The smallest absolute Gasteiger partial charge is 0.00804 e. The molecule has 0 atom stereocenters. The molecule has 0 aromatic rings. The van der Waals surface area contributed by atoms with Gasteiger partial charge in [-0.2, -0.15) is 12.6 Å². The zero-order valence-corrected chi connectivity index (χ0v) is 6.26. The first-order chi connectivity index (χ1) is 3.33. The van der Waals surface area contributed by atoms with Crippen LogP contribution < -0.4 is 5.32 Å². The van der Waals surface area contributed by atoms with Gasteiger partial charge in [-0.15, -0.1) is 0 Å². The van der Waals surface area contributed by atoms with E-state index in [2.05, 4.69) is 24.9 Å². The lowest BCUT2D eigenvalue weighted by Crippen LogP contribution is -2.01. The monoisotopic (exact) mass is 121 g/mol. The van der Waals surface area contributed by atoms with Gasteiger partial charge in [0.05, 0.1) is 0 Å². The Morgan fingerprint density at radius 3 is 1.57 bits per heavy atom. The molecule has 7 heavy (non-hydrogen) atoms. The minimum atomic E-state index is 0.944. The van der Waals surface area contributed by atoms with Crippen LogP contribution in [0.15, 0.2) is 0 Å². The summed E-state index contributed by atoms with van der Waals surface area (Å²) in [5.41, 5.74) is 0. The Kier molecular flexibility index (Phi) is 23.9. The molecule has 0 aromatic heterocycles. The molecule has 0 aliphatic heterocycles. The van der Waals surface area contributed by atoms with Crippen LogP contribution >= 0.6 is 12.6 Å². The lowest BCUT2D eigenvalue weighted by atomic mass is 10.8. The average Bonchev–Trinajstić information content (AvgIpc) is 1.69. The molecule has 0 unspecified atom stereocenters. The van der Waals surface area contributed by atoms with Crippen LogP contribution in [0.1, 0.15) is 13.8 Å². The molecule has 0 radical (unpaired) electrons. The first-order valence-electron chi connectivity index (χ1n) is 2.58. The molecule has 0 spiro atoms. The molecule has 0 saturated carbocycles. The fourth-order valence-electron chi connectivity index (χ4n) is 0. The van der Waals surface area contributed by atoms with E-state index in [1.807, 2.05) is 14.0 Å². The largest absolute Gasteiger partial charge is 0.320 e. The molecule has 0 heterocycles. The number of hydrogen-bond acceptors (Lipinski definition) is 2. The van der Waals surface area contributed by atoms with Gasteiger partial charge < -0.3 is 5.32 Å². The molecule has 0 bridgehead atoms. The van der Waals surface area contributed by atoms with E-state index in [0.29, 0.717) is 0 Å². The molecule has 0 saturated heterocycles. The predicted molar refractivity (Wildman–Crippen MR) is 39.1 cm³/mol. The van der Waals surface area contributed by atoms with E-state index in [-0.39, 0.29) is 0 Å². The van der Waals surface area contributed by atoms with Gasteiger partial charge in [0.25, 0.3) is 0 Å². The van der Waals surface area contributed by atoms with Crippen LogP contribution in [0.2, 0.25) is 0 Å². The summed E-state index contributed by atoms with van der Waals surface area (Å²) in [6.45, 7) is 5.13. The molecule has 0 aliphatic carbocycles. The molecule has 0 aromatic carbocycles. The van der Waals surface area contributed by atoms with Gasteiger partial charge in [0.15, 0.2) is 0 Å². The van der Waals surface area contributed by atoms with Crippen molar-refractivity contribution in [3.8, 4) is 0 Å². The number of thiol groups is 1. The Hall–Kier alpha value is 0.310. The summed E-state index contributed by atoms with van der Waals surface area (Å²) in [7, 11) is 1.93. The molecule has 0 aliphatic rings. The first-order valence-corrected chi connectivity index (χ1v) is 3.22. The number of nitrogens with one attached hydrogen (secondary N) is 1. The first kappa shape index (κ1) is 10.3. The normalized spacial score (nSPS) is 6.86. The third-order valence-electron chi connectivity index (χ3n) is 0.354. The van der Waals surface area contributed by atoms with Gasteiger partial charge in [-0.1, -0.05) is 13.8 Å². The van der Waals surface area contributed by atoms with E-state index < -0.39 is 0 Å². The van der Waals surface area contributed by atoms with Crippen LogP contribution in [0, 0.1) is 0 Å². The second-order valence-electron chi connectivity index (χ2n) is 1.02. The van der Waals surface area contributed by atoms with Gasteiger partial charge >= 0.3 is 0 Å². The molecule has 1 N–H and O–H groups in total. The van der Waals surface area contributed by atoms with Crippen molar-refractivity contribution in [3.05, 3.63) is 0 Å². The van der Waals surface area contributed by atoms with Crippen LogP contribution in [-0.4, -0.2) is 19.3 Å². The van der Waals surface area contributed by atoms with E-state index in [0.717, 1.165) is 12.3 Å². The van der Waals surface area contributed by atoms with E-state index in [9.17, 15) is 0 Å². The average molecular weight is 121 g/mol. The molecule has 0 fully saturated rings. The van der Waals surface area contributed by atoms with Crippen LogP contribution in [0.4, 0.5) is 0 Å². The maximum Gasteiger partial charge on any atom is -0.00804 e. The summed E-state index contributed by atoms with van der Waals surface area (Å²) in [5.74, 6) is 0.944. The van der Waals surface area contributed by atoms with Crippen LogP contribution in [0.5, 0.6) is 0 Å². The molecule has 0 rings (SSSR count). The zero-order chi connectivity index (χ0) is 6.12. The highest BCUT2D eigenvalue weighted by Gasteiger charge is 1.50. The van der Waals surface area contributed by atoms with Gasteiger partial charge in [0, 0.05) is 0 Å². The second-order valence-corrected chi connectivity index (χ2v) is 1.66. The zero-order valence-electron chi connectivity index (χ0n) is 5.36. The van der Waals surface area contributed by atoms with Crippen molar-refractivity contribution in [1.29, 1.82) is 0 Å². The van der Waals surface area contributed by atoms with E-state index in [1.54, 1.807) is 0 Å². The molecule has 1 nitrogen and oxygen atoms in total. The SMILES string of the molecule is CCNC.CCS. The molecule has 0 amide bonds. The van der Waals surface area contributed by atoms with Crippen LogP contribution in [-0.2, 0) is 0 Å². The fraction of sp³-hybridized carbons (Fsp3) is 1.00. The molecular formula is C5H15NS. The van der Waals surface area contributed by atoms with Crippen molar-refractivity contribution < 1.29 is 0 Å². The van der Waals surface area contributed by atoms with Crippen molar-refractivity contribution in [2.75, 3.05) is 19.3 Å². The van der Waals surface area contributed by atoms with E-state index in [4.69, 9.17) is 0 Å². The van der Waals surface area contributed by atoms with Crippen LogP contribution in [0.25, 0.3) is 0 Å². The number of hydrogen-bond donors (Lipinski definition) is 2. The van der Waals surface area contributed by atoms with Gasteiger partial charge in [-0.25, -0.2) is 0 Å². The highest BCUT2D eigenvalue weighted by molar-refractivity contribution is 7.80. The van der Waals surface area contributed by atoms with Gasteiger partial charge in [0.2, 0.25) is 0 Å². The molecule has 2 heteroatoms. The van der Waals surface area contributed by atoms with Crippen LogP contribution in [0.3, 0.4) is 0 Å².